The van der Waals surface area contributed by atoms with E-state index < -0.39 is 6.10 Å². The van der Waals surface area contributed by atoms with Crippen LogP contribution in [0.15, 0.2) is 42.5 Å². The highest BCUT2D eigenvalue weighted by molar-refractivity contribution is 5.35. The highest BCUT2D eigenvalue weighted by atomic mass is 19.1. The summed E-state index contributed by atoms with van der Waals surface area (Å²) in [7, 11) is 0. The Labute approximate surface area is 101 Å². The minimum atomic E-state index is -0.773. The molecule has 0 amide bonds. The van der Waals surface area contributed by atoms with Crippen LogP contribution >= 0.6 is 0 Å². The summed E-state index contributed by atoms with van der Waals surface area (Å²) in [5.74, 6) is -0.328. The van der Waals surface area contributed by atoms with Crippen molar-refractivity contribution in [2.75, 3.05) is 0 Å². The molecule has 0 aliphatic carbocycles. The minimum Gasteiger partial charge on any atom is -0.384 e. The molecular formula is C15H15FO. The zero-order valence-corrected chi connectivity index (χ0v) is 9.94. The van der Waals surface area contributed by atoms with Gasteiger partial charge in [-0.1, -0.05) is 30.3 Å². The SMILES string of the molecule is Cc1ccc([C@@H](O)c2cccc(F)c2)cc1C. The molecule has 0 saturated heterocycles. The molecule has 0 heterocycles. The first kappa shape index (κ1) is 11.8. The zero-order valence-electron chi connectivity index (χ0n) is 9.94. The molecule has 0 aliphatic heterocycles. The molecule has 0 unspecified atom stereocenters. The van der Waals surface area contributed by atoms with Crippen molar-refractivity contribution in [3.63, 3.8) is 0 Å². The predicted octanol–water partition coefficient (Wildman–Crippen LogP) is 3.52. The largest absolute Gasteiger partial charge is 0.384 e. The smallest absolute Gasteiger partial charge is 0.123 e. The van der Waals surface area contributed by atoms with Gasteiger partial charge in [-0.3, -0.25) is 0 Å². The second-order valence-corrected chi connectivity index (χ2v) is 4.30. The number of aliphatic hydroxyl groups is 1. The van der Waals surface area contributed by atoms with E-state index in [1.54, 1.807) is 12.1 Å². The Balaban J connectivity index is 2.36. The van der Waals surface area contributed by atoms with Crippen LogP contribution in [0.3, 0.4) is 0 Å². The second kappa shape index (κ2) is 4.68. The maximum atomic E-state index is 13.1. The van der Waals surface area contributed by atoms with Crippen molar-refractivity contribution in [2.45, 2.75) is 20.0 Å². The van der Waals surface area contributed by atoms with Crippen molar-refractivity contribution in [3.05, 3.63) is 70.5 Å². The lowest BCUT2D eigenvalue weighted by Gasteiger charge is -2.13. The van der Waals surface area contributed by atoms with Gasteiger partial charge in [-0.25, -0.2) is 4.39 Å². The molecule has 17 heavy (non-hydrogen) atoms. The van der Waals surface area contributed by atoms with Gasteiger partial charge in [0.05, 0.1) is 0 Å². The van der Waals surface area contributed by atoms with E-state index in [0.29, 0.717) is 5.56 Å². The molecule has 0 saturated carbocycles. The number of rotatable bonds is 2. The molecule has 0 aliphatic rings. The lowest BCUT2D eigenvalue weighted by Crippen LogP contribution is -2.00. The van der Waals surface area contributed by atoms with Gasteiger partial charge in [-0.2, -0.15) is 0 Å². The molecule has 0 bridgehead atoms. The van der Waals surface area contributed by atoms with Crippen LogP contribution < -0.4 is 0 Å². The van der Waals surface area contributed by atoms with E-state index in [0.717, 1.165) is 11.1 Å². The van der Waals surface area contributed by atoms with Crippen LogP contribution in [-0.2, 0) is 0 Å². The van der Waals surface area contributed by atoms with Gasteiger partial charge in [0.1, 0.15) is 11.9 Å². The van der Waals surface area contributed by atoms with Crippen molar-refractivity contribution >= 4 is 0 Å². The van der Waals surface area contributed by atoms with Crippen LogP contribution in [0, 0.1) is 19.7 Å². The summed E-state index contributed by atoms with van der Waals surface area (Å²) in [6.45, 7) is 4.02. The lowest BCUT2D eigenvalue weighted by atomic mass is 9.98. The lowest BCUT2D eigenvalue weighted by molar-refractivity contribution is 0.219. The molecule has 1 N–H and O–H groups in total. The van der Waals surface area contributed by atoms with Gasteiger partial charge in [-0.05, 0) is 48.2 Å². The average molecular weight is 230 g/mol. The molecule has 2 heteroatoms. The van der Waals surface area contributed by atoms with E-state index in [4.69, 9.17) is 0 Å². The summed E-state index contributed by atoms with van der Waals surface area (Å²) in [4.78, 5) is 0. The number of benzene rings is 2. The molecule has 0 radical (unpaired) electrons. The van der Waals surface area contributed by atoms with Crippen molar-refractivity contribution in [2.24, 2.45) is 0 Å². The fourth-order valence-corrected chi connectivity index (χ4v) is 1.80. The standard InChI is InChI=1S/C15H15FO/c1-10-6-7-13(8-11(10)2)15(17)12-4-3-5-14(16)9-12/h3-9,15,17H,1-2H3/t15-/m0/s1. The Morgan fingerprint density at radius 2 is 1.65 bits per heavy atom. The van der Waals surface area contributed by atoms with Gasteiger partial charge in [0.2, 0.25) is 0 Å². The molecule has 88 valence electrons. The normalized spacial score (nSPS) is 12.5. The summed E-state index contributed by atoms with van der Waals surface area (Å²) in [6, 6.07) is 11.8. The van der Waals surface area contributed by atoms with Crippen molar-refractivity contribution in [1.29, 1.82) is 0 Å². The molecule has 0 spiro atoms. The summed E-state index contributed by atoms with van der Waals surface area (Å²) in [5, 5.41) is 10.2. The van der Waals surface area contributed by atoms with Gasteiger partial charge in [-0.15, -0.1) is 0 Å². The molecular weight excluding hydrogens is 215 g/mol. The van der Waals surface area contributed by atoms with Crippen molar-refractivity contribution in [3.8, 4) is 0 Å². The quantitative estimate of drug-likeness (QED) is 0.836. The van der Waals surface area contributed by atoms with Crippen LogP contribution in [0.4, 0.5) is 4.39 Å². The Morgan fingerprint density at radius 1 is 0.941 bits per heavy atom. The van der Waals surface area contributed by atoms with Gasteiger partial charge >= 0.3 is 0 Å². The fourth-order valence-electron chi connectivity index (χ4n) is 1.80. The van der Waals surface area contributed by atoms with Gasteiger partial charge < -0.3 is 5.11 Å². The zero-order chi connectivity index (χ0) is 12.4. The Morgan fingerprint density at radius 3 is 2.29 bits per heavy atom. The van der Waals surface area contributed by atoms with Gasteiger partial charge in [0.25, 0.3) is 0 Å². The van der Waals surface area contributed by atoms with E-state index in [-0.39, 0.29) is 5.82 Å². The van der Waals surface area contributed by atoms with Crippen LogP contribution in [0.1, 0.15) is 28.4 Å². The number of hydrogen-bond donors (Lipinski definition) is 1. The first-order valence-electron chi connectivity index (χ1n) is 5.58. The first-order chi connectivity index (χ1) is 8.08. The summed E-state index contributed by atoms with van der Waals surface area (Å²) in [6.07, 6.45) is -0.773. The highest BCUT2D eigenvalue weighted by Gasteiger charge is 2.11. The molecule has 2 rings (SSSR count). The van der Waals surface area contributed by atoms with Crippen LogP contribution in [0.5, 0.6) is 0 Å². The summed E-state index contributed by atoms with van der Waals surface area (Å²) >= 11 is 0. The highest BCUT2D eigenvalue weighted by Crippen LogP contribution is 2.24. The maximum Gasteiger partial charge on any atom is 0.123 e. The topological polar surface area (TPSA) is 20.2 Å². The fraction of sp³-hybridized carbons (Fsp3) is 0.200. The van der Waals surface area contributed by atoms with E-state index in [1.807, 2.05) is 32.0 Å². The molecule has 1 atom stereocenters. The third-order valence-corrected chi connectivity index (χ3v) is 3.01. The average Bonchev–Trinajstić information content (AvgIpc) is 2.32. The van der Waals surface area contributed by atoms with E-state index in [2.05, 4.69) is 0 Å². The molecule has 1 nitrogen and oxygen atoms in total. The predicted molar refractivity (Wildman–Crippen MR) is 66.4 cm³/mol. The van der Waals surface area contributed by atoms with Crippen molar-refractivity contribution < 1.29 is 9.50 Å². The number of aryl methyl sites for hydroxylation is 2. The Hall–Kier alpha value is -1.67. The number of halogens is 1. The van der Waals surface area contributed by atoms with Crippen LogP contribution in [-0.4, -0.2) is 5.11 Å². The van der Waals surface area contributed by atoms with Crippen LogP contribution in [0.2, 0.25) is 0 Å². The van der Waals surface area contributed by atoms with Crippen LogP contribution in [0.25, 0.3) is 0 Å². The Kier molecular flexibility index (Phi) is 3.25. The molecule has 0 fully saturated rings. The van der Waals surface area contributed by atoms with E-state index in [1.165, 1.54) is 17.7 Å². The third kappa shape index (κ3) is 2.53. The van der Waals surface area contributed by atoms with Crippen molar-refractivity contribution in [1.82, 2.24) is 0 Å². The minimum absolute atomic E-state index is 0.328. The number of aliphatic hydroxyl groups excluding tert-OH is 1. The third-order valence-electron chi connectivity index (χ3n) is 3.01. The number of hydrogen-bond acceptors (Lipinski definition) is 1. The van der Waals surface area contributed by atoms with E-state index in [9.17, 15) is 9.50 Å². The summed E-state index contributed by atoms with van der Waals surface area (Å²) < 4.78 is 13.1. The van der Waals surface area contributed by atoms with E-state index >= 15 is 0 Å². The maximum absolute atomic E-state index is 13.1. The monoisotopic (exact) mass is 230 g/mol. The first-order valence-corrected chi connectivity index (χ1v) is 5.58. The Bertz CT molecular complexity index is 534. The second-order valence-electron chi connectivity index (χ2n) is 4.30. The molecule has 2 aromatic carbocycles. The molecule has 0 aromatic heterocycles. The van der Waals surface area contributed by atoms with Gasteiger partial charge in [0, 0.05) is 0 Å². The van der Waals surface area contributed by atoms with Gasteiger partial charge in [0.15, 0.2) is 0 Å². The molecule has 2 aromatic rings. The summed E-state index contributed by atoms with van der Waals surface area (Å²) in [5.41, 5.74) is 3.67.